The van der Waals surface area contributed by atoms with E-state index in [1.165, 1.54) is 23.1 Å². The summed E-state index contributed by atoms with van der Waals surface area (Å²) in [5, 5.41) is 29.5. The predicted octanol–water partition coefficient (Wildman–Crippen LogP) is 2.37. The highest BCUT2D eigenvalue weighted by Crippen LogP contribution is 2.41. The fourth-order valence-electron chi connectivity index (χ4n) is 6.85. The van der Waals surface area contributed by atoms with Crippen LogP contribution in [0.25, 0.3) is 0 Å². The number of aryl methyl sites for hydroxylation is 1. The van der Waals surface area contributed by atoms with Gasteiger partial charge in [-0.15, -0.1) is 0 Å². The largest absolute Gasteiger partial charge is 0.481 e. The summed E-state index contributed by atoms with van der Waals surface area (Å²) in [6.45, 7) is 8.83. The molecule has 0 saturated heterocycles. The molecule has 2 aromatic rings. The van der Waals surface area contributed by atoms with Crippen molar-refractivity contribution in [3.05, 3.63) is 64.5 Å². The summed E-state index contributed by atoms with van der Waals surface area (Å²) >= 11 is 0. The van der Waals surface area contributed by atoms with Crippen molar-refractivity contribution in [2.75, 3.05) is 11.9 Å². The number of amides is 4. The van der Waals surface area contributed by atoms with Gasteiger partial charge in [0.25, 0.3) is 0 Å². The Hall–Kier alpha value is -5.34. The zero-order valence-electron chi connectivity index (χ0n) is 29.8. The molecule has 4 rings (SSSR count). The van der Waals surface area contributed by atoms with Crippen LogP contribution in [0, 0.1) is 18.7 Å². The number of benzene rings is 2. The summed E-state index contributed by atoms with van der Waals surface area (Å²) in [7, 11) is 0. The van der Waals surface area contributed by atoms with Gasteiger partial charge in [-0.25, -0.2) is 4.39 Å². The van der Waals surface area contributed by atoms with Gasteiger partial charge in [0.1, 0.15) is 36.3 Å². The number of aldehydes is 1. The monoisotopic (exact) mass is 723 g/mol. The Kier molecular flexibility index (Phi) is 12.4. The van der Waals surface area contributed by atoms with Gasteiger partial charge in [-0.05, 0) is 67.0 Å². The molecule has 2 aromatic carbocycles. The molecule has 0 spiro atoms. The highest BCUT2D eigenvalue weighted by atomic mass is 19.1. The van der Waals surface area contributed by atoms with Gasteiger partial charge in [0.05, 0.1) is 12.5 Å². The summed E-state index contributed by atoms with van der Waals surface area (Å²) < 4.78 is 14.1. The molecule has 2 heterocycles. The number of aliphatic carboxylic acids is 2. The van der Waals surface area contributed by atoms with E-state index in [9.17, 15) is 48.2 Å². The first-order chi connectivity index (χ1) is 24.4. The van der Waals surface area contributed by atoms with Crippen molar-refractivity contribution in [3.63, 3.8) is 0 Å². The highest BCUT2D eigenvalue weighted by Gasteiger charge is 2.45. The number of carboxylic acid groups (broad SMARTS) is 2. The van der Waals surface area contributed by atoms with E-state index in [1.807, 2.05) is 13.0 Å². The lowest BCUT2D eigenvalue weighted by molar-refractivity contribution is -0.146. The molecule has 2 aliphatic heterocycles. The van der Waals surface area contributed by atoms with Crippen LogP contribution < -0.4 is 21.3 Å². The molecule has 14 nitrogen and oxygen atoms in total. The number of halogens is 1. The first kappa shape index (κ1) is 39.4. The van der Waals surface area contributed by atoms with Crippen molar-refractivity contribution >= 4 is 47.5 Å². The minimum atomic E-state index is -1.35. The average Bonchev–Trinajstić information content (AvgIpc) is 3.33. The molecule has 0 saturated carbocycles. The lowest BCUT2D eigenvalue weighted by Crippen LogP contribution is -2.60. The van der Waals surface area contributed by atoms with Gasteiger partial charge < -0.3 is 41.2 Å². The molecule has 0 bridgehead atoms. The van der Waals surface area contributed by atoms with Crippen LogP contribution in [0.2, 0.25) is 0 Å². The van der Waals surface area contributed by atoms with E-state index in [1.54, 1.807) is 39.8 Å². The molecular weight excluding hydrogens is 677 g/mol. The van der Waals surface area contributed by atoms with Gasteiger partial charge in [-0.2, -0.15) is 0 Å². The Bertz CT molecular complexity index is 1750. The molecule has 0 radical (unpaired) electrons. The van der Waals surface area contributed by atoms with E-state index in [0.717, 1.165) is 11.1 Å². The van der Waals surface area contributed by atoms with E-state index < -0.39 is 89.3 Å². The molecule has 5 atom stereocenters. The second-order valence-corrected chi connectivity index (χ2v) is 14.3. The number of nitrogens with one attached hydrogen (secondary N) is 4. The average molecular weight is 724 g/mol. The topological polar surface area (TPSA) is 211 Å². The number of fused-ring (bicyclic) bond motifs is 2. The maximum absolute atomic E-state index is 14.4. The smallest absolute Gasteiger partial charge is 0.305 e. The van der Waals surface area contributed by atoms with E-state index in [-0.39, 0.29) is 25.8 Å². The molecule has 52 heavy (non-hydrogen) atoms. The lowest BCUT2D eigenvalue weighted by atomic mass is 9.80. The van der Waals surface area contributed by atoms with Crippen molar-refractivity contribution < 1.29 is 48.2 Å². The first-order valence-corrected chi connectivity index (χ1v) is 17.2. The highest BCUT2D eigenvalue weighted by molar-refractivity contribution is 5.97. The van der Waals surface area contributed by atoms with Crippen LogP contribution in [0.3, 0.4) is 0 Å². The number of nitrogens with zero attached hydrogens (tertiary/aromatic N) is 1. The van der Waals surface area contributed by atoms with Crippen molar-refractivity contribution in [1.82, 2.24) is 20.9 Å². The molecule has 0 aliphatic carbocycles. The second-order valence-electron chi connectivity index (χ2n) is 14.3. The van der Waals surface area contributed by atoms with Gasteiger partial charge in [0.15, 0.2) is 0 Å². The maximum Gasteiger partial charge on any atom is 0.305 e. The maximum atomic E-state index is 14.4. The summed E-state index contributed by atoms with van der Waals surface area (Å²) in [4.78, 5) is 91.3. The normalized spacial score (nSPS) is 18.9. The van der Waals surface area contributed by atoms with Gasteiger partial charge in [0, 0.05) is 24.1 Å². The van der Waals surface area contributed by atoms with Gasteiger partial charge >= 0.3 is 11.9 Å². The summed E-state index contributed by atoms with van der Waals surface area (Å²) in [5.74, 6) is -6.12. The van der Waals surface area contributed by atoms with Crippen LogP contribution in [0.1, 0.15) is 81.7 Å². The van der Waals surface area contributed by atoms with E-state index in [4.69, 9.17) is 0 Å². The third kappa shape index (κ3) is 8.93. The zero-order valence-corrected chi connectivity index (χ0v) is 29.8. The van der Waals surface area contributed by atoms with Crippen molar-refractivity contribution in [3.8, 4) is 0 Å². The van der Waals surface area contributed by atoms with Crippen LogP contribution >= 0.6 is 0 Å². The van der Waals surface area contributed by atoms with Crippen LogP contribution in [0.4, 0.5) is 10.1 Å². The summed E-state index contributed by atoms with van der Waals surface area (Å²) in [6.07, 6.45) is -0.298. The van der Waals surface area contributed by atoms with Crippen molar-refractivity contribution in [2.45, 2.75) is 102 Å². The van der Waals surface area contributed by atoms with Gasteiger partial charge in [0.2, 0.25) is 23.6 Å². The Morgan fingerprint density at radius 3 is 2.35 bits per heavy atom. The minimum absolute atomic E-state index is 0.0275. The number of hydrogen-bond donors (Lipinski definition) is 6. The third-order valence-electron chi connectivity index (χ3n) is 9.65. The van der Waals surface area contributed by atoms with Crippen LogP contribution in [0.15, 0.2) is 36.4 Å². The molecule has 0 aromatic heterocycles. The number of hydrogen-bond acceptors (Lipinski definition) is 8. The lowest BCUT2D eigenvalue weighted by Gasteiger charge is -2.39. The number of carbonyl (C=O) groups is 7. The Balaban J connectivity index is 1.60. The fraction of sp³-hybridized carbons (Fsp3) is 0.486. The van der Waals surface area contributed by atoms with E-state index >= 15 is 0 Å². The third-order valence-corrected chi connectivity index (χ3v) is 9.65. The molecule has 0 fully saturated rings. The number of carboxylic acids is 2. The molecule has 15 heteroatoms. The predicted molar refractivity (Wildman–Crippen MR) is 187 cm³/mol. The zero-order chi connectivity index (χ0) is 38.5. The van der Waals surface area contributed by atoms with Crippen molar-refractivity contribution in [2.24, 2.45) is 5.92 Å². The van der Waals surface area contributed by atoms with E-state index in [0.29, 0.717) is 29.5 Å². The first-order valence-electron chi connectivity index (χ1n) is 17.2. The quantitative estimate of drug-likeness (QED) is 0.148. The standard InChI is InChI=1S/C37H46FN5O9/c1-19(2)30(36(52)43-14-13-21-15-20(3)9-11-24(21)31(43)34(50)39-23(18-44)17-29(47)48)42-33(49)27(7-6-8-28(45)46)41-35(51)32-37(4,5)25-16-22(38)10-12-26(25)40-32/h9-12,15-16,18-19,23,27,30-32,40H,6-8,13-14,17H2,1-5H3,(H,39,50)(H,41,51)(H,42,49)(H,45,46)(H,47,48)/t23-,27-,30-,31-,32-/m0/s1. The fourth-order valence-corrected chi connectivity index (χ4v) is 6.85. The summed E-state index contributed by atoms with van der Waals surface area (Å²) in [6, 6.07) is 3.50. The van der Waals surface area contributed by atoms with Crippen LogP contribution in [-0.4, -0.2) is 87.7 Å². The van der Waals surface area contributed by atoms with Gasteiger partial charge in [-0.1, -0.05) is 51.5 Å². The molecule has 280 valence electrons. The molecule has 2 aliphatic rings. The van der Waals surface area contributed by atoms with Gasteiger partial charge in [-0.3, -0.25) is 28.8 Å². The van der Waals surface area contributed by atoms with Crippen molar-refractivity contribution in [1.29, 1.82) is 0 Å². The molecular formula is C37H46FN5O9. The second kappa shape index (κ2) is 16.3. The number of anilines is 1. The molecule has 4 amide bonds. The molecule has 0 unspecified atom stereocenters. The number of carbonyl (C=O) groups excluding carboxylic acids is 5. The van der Waals surface area contributed by atoms with Crippen LogP contribution in [-0.2, 0) is 45.4 Å². The van der Waals surface area contributed by atoms with E-state index in [2.05, 4.69) is 21.3 Å². The van der Waals surface area contributed by atoms with Crippen LogP contribution in [0.5, 0.6) is 0 Å². The number of rotatable bonds is 15. The molecule has 6 N–H and O–H groups in total. The Morgan fingerprint density at radius 2 is 1.71 bits per heavy atom. The Labute approximate surface area is 300 Å². The minimum Gasteiger partial charge on any atom is -0.481 e. The Morgan fingerprint density at radius 1 is 1.00 bits per heavy atom. The SMILES string of the molecule is Cc1ccc2c(c1)CCN(C(=O)[C@@H](NC(=O)[C@H](CCCC(=O)O)NC(=O)[C@@H]1Nc3ccc(F)cc3C1(C)C)C(C)C)[C@@H]2C(=O)N[C@H](C=O)CC(=O)O. The summed E-state index contributed by atoms with van der Waals surface area (Å²) in [5.41, 5.74) is 2.46.